The van der Waals surface area contributed by atoms with Gasteiger partial charge < -0.3 is 0 Å². The average Bonchev–Trinajstić information content (AvgIpc) is 1.88. The minimum Gasteiger partial charge on any atom is -0.225 e. The topological polar surface area (TPSA) is 28.1 Å². The number of rotatable bonds is 0. The highest BCUT2D eigenvalue weighted by Crippen LogP contribution is 2.31. The van der Waals surface area contributed by atoms with Gasteiger partial charge in [0, 0.05) is 0 Å². The molecule has 0 amide bonds. The molecule has 0 N–H and O–H groups in total. The van der Waals surface area contributed by atoms with E-state index in [1.54, 1.807) is 0 Å². The zero-order valence-corrected chi connectivity index (χ0v) is 5.66. The molecule has 0 bridgehead atoms. The van der Waals surface area contributed by atoms with E-state index in [2.05, 4.69) is 16.4 Å². The Balaban J connectivity index is 5.01. The van der Waals surface area contributed by atoms with Crippen molar-refractivity contribution >= 4 is 11.6 Å². The SMILES string of the molecule is [C-]#[N+]/C(C#N)=C(/Cl)C(F)(F)F. The van der Waals surface area contributed by atoms with Gasteiger partial charge in [0.25, 0.3) is 5.70 Å². The van der Waals surface area contributed by atoms with Crippen LogP contribution in [0.2, 0.25) is 0 Å². The van der Waals surface area contributed by atoms with Gasteiger partial charge in [-0.2, -0.15) is 13.2 Å². The van der Waals surface area contributed by atoms with Crippen LogP contribution >= 0.6 is 11.6 Å². The number of allylic oxidation sites excluding steroid dienone is 2. The molecule has 0 fully saturated rings. The molecule has 0 aromatic rings. The van der Waals surface area contributed by atoms with E-state index in [1.807, 2.05) is 0 Å². The molecule has 6 heteroatoms. The molecule has 0 rings (SSSR count). The summed E-state index contributed by atoms with van der Waals surface area (Å²) >= 11 is 4.64. The van der Waals surface area contributed by atoms with E-state index in [9.17, 15) is 13.2 Å². The monoisotopic (exact) mass is 180 g/mol. The summed E-state index contributed by atoms with van der Waals surface area (Å²) in [4.78, 5) is 2.29. The van der Waals surface area contributed by atoms with Gasteiger partial charge in [0.2, 0.25) is 0 Å². The van der Waals surface area contributed by atoms with Crippen molar-refractivity contribution in [2.45, 2.75) is 6.18 Å². The Bertz CT molecular complexity index is 249. The lowest BCUT2D eigenvalue weighted by Crippen LogP contribution is -2.08. The number of hydrogen-bond donors (Lipinski definition) is 0. The Morgan fingerprint density at radius 1 is 1.55 bits per heavy atom. The molecule has 0 aromatic carbocycles. The summed E-state index contributed by atoms with van der Waals surface area (Å²) < 4.78 is 34.8. The molecule has 0 unspecified atom stereocenters. The number of nitrogens with zero attached hydrogens (tertiary/aromatic N) is 2. The third kappa shape index (κ3) is 2.48. The van der Waals surface area contributed by atoms with E-state index >= 15 is 0 Å². The average molecular weight is 181 g/mol. The Morgan fingerprint density at radius 3 is 2.09 bits per heavy atom. The maximum absolute atomic E-state index is 11.6. The molecular formula is C5ClF3N2. The van der Waals surface area contributed by atoms with E-state index in [4.69, 9.17) is 11.8 Å². The van der Waals surface area contributed by atoms with E-state index in [0.29, 0.717) is 0 Å². The predicted molar refractivity (Wildman–Crippen MR) is 31.1 cm³/mol. The molecule has 0 spiro atoms. The van der Waals surface area contributed by atoms with Crippen molar-refractivity contribution in [3.8, 4) is 6.07 Å². The molecule has 11 heavy (non-hydrogen) atoms. The minimum atomic E-state index is -4.81. The number of alkyl halides is 3. The van der Waals surface area contributed by atoms with Crippen LogP contribution in [0.1, 0.15) is 0 Å². The zero-order chi connectivity index (χ0) is 9.07. The summed E-state index contributed by atoms with van der Waals surface area (Å²) in [5.74, 6) is 0. The van der Waals surface area contributed by atoms with E-state index in [0.717, 1.165) is 6.07 Å². The van der Waals surface area contributed by atoms with Crippen LogP contribution in [0.25, 0.3) is 4.85 Å². The van der Waals surface area contributed by atoms with Crippen molar-refractivity contribution in [2.24, 2.45) is 0 Å². The van der Waals surface area contributed by atoms with Gasteiger partial charge in [-0.25, -0.2) is 10.1 Å². The van der Waals surface area contributed by atoms with Gasteiger partial charge in [-0.1, -0.05) is 11.6 Å². The number of halogens is 4. The minimum absolute atomic E-state index is 1.03. The third-order valence-corrected chi connectivity index (χ3v) is 1.07. The van der Waals surface area contributed by atoms with Crippen LogP contribution in [0.3, 0.4) is 0 Å². The van der Waals surface area contributed by atoms with Crippen LogP contribution in [0.15, 0.2) is 10.7 Å². The second-order valence-corrected chi connectivity index (χ2v) is 1.76. The molecular weight excluding hydrogens is 181 g/mol. The smallest absolute Gasteiger partial charge is 0.225 e. The second kappa shape index (κ2) is 3.27. The van der Waals surface area contributed by atoms with Crippen LogP contribution in [0.4, 0.5) is 13.2 Å². The van der Waals surface area contributed by atoms with Crippen LogP contribution in [-0.4, -0.2) is 6.18 Å². The van der Waals surface area contributed by atoms with Crippen LogP contribution in [-0.2, 0) is 0 Å². The first-order chi connectivity index (χ1) is 4.93. The van der Waals surface area contributed by atoms with Crippen molar-refractivity contribution in [3.63, 3.8) is 0 Å². The summed E-state index contributed by atoms with van der Waals surface area (Å²) in [5, 5.41) is 6.28. The third-order valence-electron chi connectivity index (χ3n) is 0.674. The zero-order valence-electron chi connectivity index (χ0n) is 4.91. The van der Waals surface area contributed by atoms with Crippen LogP contribution in [0, 0.1) is 17.9 Å². The molecule has 0 aromatic heterocycles. The fraction of sp³-hybridized carbons (Fsp3) is 0.200. The standard InChI is InChI=1S/C5ClF3N2/c1-11-3(2-10)4(6)5(7,8)9/b4-3+. The molecule has 0 aliphatic rings. The van der Waals surface area contributed by atoms with Gasteiger partial charge >= 0.3 is 6.18 Å². The first kappa shape index (κ1) is 9.80. The number of nitriles is 1. The molecule has 0 radical (unpaired) electrons. The van der Waals surface area contributed by atoms with Crippen molar-refractivity contribution in [2.75, 3.05) is 0 Å². The second-order valence-electron chi connectivity index (χ2n) is 1.38. The molecule has 0 saturated heterocycles. The Hall–Kier alpha value is -1.20. The summed E-state index contributed by atoms with van der Waals surface area (Å²) in [6.45, 7) is 6.13. The predicted octanol–water partition coefficient (Wildman–Crippen LogP) is 2.44. The van der Waals surface area contributed by atoms with Crippen molar-refractivity contribution in [1.29, 1.82) is 5.26 Å². The summed E-state index contributed by atoms with van der Waals surface area (Å²) in [7, 11) is 0. The highest BCUT2D eigenvalue weighted by Gasteiger charge is 2.35. The van der Waals surface area contributed by atoms with Crippen LogP contribution < -0.4 is 0 Å². The number of hydrogen-bond acceptors (Lipinski definition) is 1. The molecule has 2 nitrogen and oxygen atoms in total. The first-order valence-corrected chi connectivity index (χ1v) is 2.55. The Kier molecular flexibility index (Phi) is 2.91. The van der Waals surface area contributed by atoms with Crippen molar-refractivity contribution in [1.82, 2.24) is 0 Å². The largest absolute Gasteiger partial charge is 0.418 e. The lowest BCUT2D eigenvalue weighted by Gasteiger charge is -2.02. The molecule has 0 atom stereocenters. The van der Waals surface area contributed by atoms with Gasteiger partial charge in [-0.05, 0) is 0 Å². The quantitative estimate of drug-likeness (QED) is 0.416. The van der Waals surface area contributed by atoms with E-state index in [1.165, 1.54) is 0 Å². The van der Waals surface area contributed by atoms with Gasteiger partial charge in [-0.3, -0.25) is 0 Å². The molecule has 0 saturated carbocycles. The van der Waals surface area contributed by atoms with Gasteiger partial charge in [0.1, 0.15) is 5.03 Å². The molecule has 58 valence electrons. The van der Waals surface area contributed by atoms with Crippen molar-refractivity contribution in [3.05, 3.63) is 22.1 Å². The highest BCUT2D eigenvalue weighted by molar-refractivity contribution is 6.31. The Morgan fingerprint density at radius 2 is 2.00 bits per heavy atom. The lowest BCUT2D eigenvalue weighted by atomic mass is 10.4. The lowest BCUT2D eigenvalue weighted by molar-refractivity contribution is -0.0848. The molecule has 0 aliphatic heterocycles. The highest BCUT2D eigenvalue weighted by atomic mass is 35.5. The summed E-state index contributed by atoms with van der Waals surface area (Å²) in [6, 6.07) is 1.03. The normalized spacial score (nSPS) is 12.9. The van der Waals surface area contributed by atoms with Gasteiger partial charge in [0.05, 0.1) is 12.6 Å². The van der Waals surface area contributed by atoms with Gasteiger partial charge in [0.15, 0.2) is 0 Å². The Labute approximate surface area is 65.3 Å². The van der Waals surface area contributed by atoms with Crippen LogP contribution in [0.5, 0.6) is 0 Å². The summed E-state index contributed by atoms with van der Waals surface area (Å²) in [5.41, 5.74) is -1.14. The maximum Gasteiger partial charge on any atom is 0.418 e. The van der Waals surface area contributed by atoms with E-state index < -0.39 is 16.9 Å². The summed E-state index contributed by atoms with van der Waals surface area (Å²) in [6.07, 6.45) is -4.81. The van der Waals surface area contributed by atoms with Crippen molar-refractivity contribution < 1.29 is 13.2 Å². The fourth-order valence-electron chi connectivity index (χ4n) is 0.257. The first-order valence-electron chi connectivity index (χ1n) is 2.18. The molecule has 0 heterocycles. The molecule has 0 aliphatic carbocycles. The van der Waals surface area contributed by atoms with E-state index in [-0.39, 0.29) is 0 Å². The fourth-order valence-corrected chi connectivity index (χ4v) is 0.342. The maximum atomic E-state index is 11.6. The van der Waals surface area contributed by atoms with Gasteiger partial charge in [-0.15, -0.1) is 0 Å².